The second kappa shape index (κ2) is 13.1. The molecular formula is C27H31N3O2. The average Bonchev–Trinajstić information content (AvgIpc) is 2.84. The van der Waals surface area contributed by atoms with Gasteiger partial charge in [0.15, 0.2) is 0 Å². The summed E-state index contributed by atoms with van der Waals surface area (Å²) >= 11 is 0. The van der Waals surface area contributed by atoms with E-state index in [4.69, 9.17) is 4.98 Å². The molecule has 0 aliphatic carbocycles. The number of nitrogens with one attached hydrogen (secondary N) is 2. The summed E-state index contributed by atoms with van der Waals surface area (Å²) in [6.07, 6.45) is 7.28. The first-order valence-electron chi connectivity index (χ1n) is 11.0. The highest BCUT2D eigenvalue weighted by Crippen LogP contribution is 2.24. The number of aliphatic hydroxyl groups is 2. The number of benzene rings is 2. The number of hydrogen-bond donors (Lipinski definition) is 4. The molecule has 0 spiro atoms. The first-order chi connectivity index (χ1) is 15.8. The van der Waals surface area contributed by atoms with Crippen molar-refractivity contribution in [3.05, 3.63) is 101 Å². The zero-order chi connectivity index (χ0) is 22.4. The molecule has 0 atom stereocenters. The van der Waals surface area contributed by atoms with Gasteiger partial charge in [-0.1, -0.05) is 60.7 Å². The zero-order valence-electron chi connectivity index (χ0n) is 18.2. The first kappa shape index (κ1) is 23.3. The van der Waals surface area contributed by atoms with E-state index >= 15 is 0 Å². The third-order valence-electron chi connectivity index (χ3n) is 4.87. The van der Waals surface area contributed by atoms with E-state index in [-0.39, 0.29) is 13.2 Å². The van der Waals surface area contributed by atoms with Gasteiger partial charge in [-0.05, 0) is 48.3 Å². The molecule has 0 fully saturated rings. The molecule has 2 aromatic carbocycles. The van der Waals surface area contributed by atoms with Crippen LogP contribution in [0.5, 0.6) is 0 Å². The van der Waals surface area contributed by atoms with Crippen molar-refractivity contribution in [1.29, 1.82) is 0 Å². The Morgan fingerprint density at radius 3 is 1.78 bits per heavy atom. The van der Waals surface area contributed by atoms with Crippen molar-refractivity contribution < 1.29 is 10.2 Å². The second-order valence-corrected chi connectivity index (χ2v) is 7.34. The quantitative estimate of drug-likeness (QED) is 0.327. The van der Waals surface area contributed by atoms with Crippen LogP contribution < -0.4 is 10.6 Å². The number of aliphatic hydroxyl groups excluding tert-OH is 2. The van der Waals surface area contributed by atoms with Crippen molar-refractivity contribution in [3.8, 4) is 0 Å². The van der Waals surface area contributed by atoms with Crippen LogP contribution in [0.1, 0.15) is 35.2 Å². The van der Waals surface area contributed by atoms with E-state index in [9.17, 15) is 10.2 Å². The summed E-state index contributed by atoms with van der Waals surface area (Å²) in [6, 6.07) is 24.2. The minimum absolute atomic E-state index is 0.128. The summed E-state index contributed by atoms with van der Waals surface area (Å²) in [6.45, 7) is 1.55. The lowest BCUT2D eigenvalue weighted by atomic mass is 10.0. The molecule has 0 aliphatic heterocycles. The Morgan fingerprint density at radius 2 is 1.22 bits per heavy atom. The maximum atomic E-state index is 9.26. The van der Waals surface area contributed by atoms with Gasteiger partial charge in [0.2, 0.25) is 0 Å². The number of hydrogen-bond acceptors (Lipinski definition) is 5. The maximum absolute atomic E-state index is 9.26. The molecule has 166 valence electrons. The Hall–Kier alpha value is -3.41. The lowest BCUT2D eigenvalue weighted by Crippen LogP contribution is -2.20. The molecule has 5 nitrogen and oxygen atoms in total. The number of pyridine rings is 1. The average molecular weight is 430 g/mol. The van der Waals surface area contributed by atoms with Crippen molar-refractivity contribution in [3.63, 3.8) is 0 Å². The standard InChI is InChI=1S/C27H31N3O2/c31-18-8-16-28-25(20-22-10-3-1-4-11-22)24-14-7-15-30-27(24)26(29-17-9-19-32)21-23-12-5-2-6-13-23/h1-7,10-15,20-21,28-29,31-32H,8-9,16-19H2. The molecule has 0 unspecified atom stereocenters. The Labute approximate surface area is 190 Å². The van der Waals surface area contributed by atoms with Crippen LogP contribution >= 0.6 is 0 Å². The predicted molar refractivity (Wildman–Crippen MR) is 132 cm³/mol. The molecule has 3 rings (SSSR count). The lowest BCUT2D eigenvalue weighted by Gasteiger charge is -2.18. The fourth-order valence-electron chi connectivity index (χ4n) is 3.30. The van der Waals surface area contributed by atoms with Crippen LogP contribution in [0.2, 0.25) is 0 Å². The maximum Gasteiger partial charge on any atom is 0.0954 e. The van der Waals surface area contributed by atoms with E-state index in [1.807, 2.05) is 42.5 Å². The minimum atomic E-state index is 0.128. The van der Waals surface area contributed by atoms with Crippen molar-refractivity contribution in [2.75, 3.05) is 26.3 Å². The monoisotopic (exact) mass is 429 g/mol. The van der Waals surface area contributed by atoms with Gasteiger partial charge in [-0.25, -0.2) is 0 Å². The van der Waals surface area contributed by atoms with Gasteiger partial charge in [-0.15, -0.1) is 0 Å². The summed E-state index contributed by atoms with van der Waals surface area (Å²) in [4.78, 5) is 4.72. The molecular weight excluding hydrogens is 398 g/mol. The van der Waals surface area contributed by atoms with E-state index in [0.29, 0.717) is 25.9 Å². The van der Waals surface area contributed by atoms with E-state index < -0.39 is 0 Å². The smallest absolute Gasteiger partial charge is 0.0954 e. The molecule has 1 heterocycles. The van der Waals surface area contributed by atoms with Gasteiger partial charge in [0.05, 0.1) is 11.4 Å². The molecule has 5 heteroatoms. The summed E-state index contributed by atoms with van der Waals surface area (Å²) in [5.41, 5.74) is 5.77. The number of aromatic nitrogens is 1. The van der Waals surface area contributed by atoms with Crippen molar-refractivity contribution in [1.82, 2.24) is 15.6 Å². The molecule has 4 N–H and O–H groups in total. The van der Waals surface area contributed by atoms with Gasteiger partial charge in [-0.2, -0.15) is 0 Å². The van der Waals surface area contributed by atoms with Crippen LogP contribution in [0.25, 0.3) is 23.5 Å². The van der Waals surface area contributed by atoms with Gasteiger partial charge in [0, 0.05) is 43.8 Å². The highest BCUT2D eigenvalue weighted by Gasteiger charge is 2.13. The van der Waals surface area contributed by atoms with Gasteiger partial charge in [0.1, 0.15) is 0 Å². The molecule has 3 aromatic rings. The molecule has 0 saturated carbocycles. The molecule has 0 saturated heterocycles. The third-order valence-corrected chi connectivity index (χ3v) is 4.87. The lowest BCUT2D eigenvalue weighted by molar-refractivity contribution is 0.288. The highest BCUT2D eigenvalue weighted by molar-refractivity contribution is 5.89. The third kappa shape index (κ3) is 7.08. The van der Waals surface area contributed by atoms with Crippen molar-refractivity contribution in [2.45, 2.75) is 12.8 Å². The van der Waals surface area contributed by atoms with Crippen molar-refractivity contribution >= 4 is 23.5 Å². The molecule has 1 aromatic heterocycles. The fraction of sp³-hybridized carbons (Fsp3) is 0.222. The van der Waals surface area contributed by atoms with Gasteiger partial charge >= 0.3 is 0 Å². The highest BCUT2D eigenvalue weighted by atomic mass is 16.3. The van der Waals surface area contributed by atoms with Crippen LogP contribution in [0, 0.1) is 0 Å². The number of rotatable bonds is 12. The molecule has 0 amide bonds. The van der Waals surface area contributed by atoms with E-state index in [1.165, 1.54) is 0 Å². The van der Waals surface area contributed by atoms with E-state index in [1.54, 1.807) is 6.20 Å². The van der Waals surface area contributed by atoms with Crippen LogP contribution in [0.4, 0.5) is 0 Å². The van der Waals surface area contributed by atoms with E-state index in [2.05, 4.69) is 53.1 Å². The summed E-state index contributed by atoms with van der Waals surface area (Å²) in [5.74, 6) is 0. The molecule has 32 heavy (non-hydrogen) atoms. The Balaban J connectivity index is 2.05. The van der Waals surface area contributed by atoms with Gasteiger partial charge in [-0.3, -0.25) is 4.98 Å². The van der Waals surface area contributed by atoms with Crippen LogP contribution in [-0.2, 0) is 0 Å². The fourth-order valence-corrected chi connectivity index (χ4v) is 3.30. The molecule has 0 radical (unpaired) electrons. The topological polar surface area (TPSA) is 77.4 Å². The normalized spacial score (nSPS) is 11.9. The predicted octanol–water partition coefficient (Wildman–Crippen LogP) is 4.02. The van der Waals surface area contributed by atoms with Crippen LogP contribution in [0.3, 0.4) is 0 Å². The summed E-state index contributed by atoms with van der Waals surface area (Å²) < 4.78 is 0. The largest absolute Gasteiger partial charge is 0.396 e. The van der Waals surface area contributed by atoms with Crippen LogP contribution in [0.15, 0.2) is 79.0 Å². The minimum Gasteiger partial charge on any atom is -0.396 e. The first-order valence-corrected chi connectivity index (χ1v) is 11.0. The molecule has 0 bridgehead atoms. The Morgan fingerprint density at radius 1 is 0.688 bits per heavy atom. The van der Waals surface area contributed by atoms with Gasteiger partial charge in [0.25, 0.3) is 0 Å². The number of nitrogens with zero attached hydrogens (tertiary/aromatic N) is 1. The van der Waals surface area contributed by atoms with Gasteiger partial charge < -0.3 is 20.8 Å². The van der Waals surface area contributed by atoms with Crippen LogP contribution in [-0.4, -0.2) is 41.5 Å². The second-order valence-electron chi connectivity index (χ2n) is 7.34. The zero-order valence-corrected chi connectivity index (χ0v) is 18.2. The SMILES string of the molecule is OCCCNC(=Cc1ccccc1)c1cccnc1C(=Cc1ccccc1)NCCCO. The Kier molecular flexibility index (Phi) is 9.52. The van der Waals surface area contributed by atoms with Crippen molar-refractivity contribution in [2.24, 2.45) is 0 Å². The van der Waals surface area contributed by atoms with E-state index in [0.717, 1.165) is 33.8 Å². The summed E-state index contributed by atoms with van der Waals surface area (Å²) in [7, 11) is 0. The molecule has 0 aliphatic rings. The Bertz CT molecular complexity index is 919. The summed E-state index contributed by atoms with van der Waals surface area (Å²) in [5, 5.41) is 25.4.